The van der Waals surface area contributed by atoms with Crippen LogP contribution >= 0.6 is 0 Å². The first-order valence-corrected chi connectivity index (χ1v) is 31.8. The van der Waals surface area contributed by atoms with E-state index in [4.69, 9.17) is 19.9 Å². The van der Waals surface area contributed by atoms with Crippen molar-refractivity contribution in [2.24, 2.45) is 28.7 Å². The number of carbonyl (C=O) groups is 3. The van der Waals surface area contributed by atoms with Crippen LogP contribution < -0.4 is 21.4 Å². The van der Waals surface area contributed by atoms with Gasteiger partial charge in [0, 0.05) is 78.5 Å². The molecule has 100 heavy (non-hydrogen) atoms. The summed E-state index contributed by atoms with van der Waals surface area (Å²) in [5.74, 6) is -1.26. The molecule has 0 bridgehead atoms. The van der Waals surface area contributed by atoms with Crippen LogP contribution in [0.1, 0.15) is 144 Å². The number of ether oxygens (including phenoxy) is 1. The predicted octanol–water partition coefficient (Wildman–Crippen LogP) is 13.0. The van der Waals surface area contributed by atoms with Gasteiger partial charge in [0.2, 0.25) is 5.88 Å². The molecule has 5 aromatic rings. The molecule has 2 amide bonds. The van der Waals surface area contributed by atoms with E-state index in [-0.39, 0.29) is 29.2 Å². The minimum absolute atomic E-state index is 0.0759. The molecule has 550 valence electrons. The van der Waals surface area contributed by atoms with Crippen molar-refractivity contribution >= 4 is 57.8 Å². The van der Waals surface area contributed by atoms with Gasteiger partial charge >= 0.3 is 65.4 Å². The zero-order valence-electron chi connectivity index (χ0n) is 55.2. The van der Waals surface area contributed by atoms with Crippen molar-refractivity contribution in [2.75, 3.05) is 31.5 Å². The maximum atomic E-state index is 12.6. The molecule has 6 N–H and O–H groups in total. The van der Waals surface area contributed by atoms with Gasteiger partial charge in [-0.25, -0.2) is 9.59 Å². The molecule has 0 spiro atoms. The van der Waals surface area contributed by atoms with Crippen LogP contribution in [-0.4, -0.2) is 121 Å². The number of pyridine rings is 5. The minimum atomic E-state index is -5.55. The first-order valence-electron chi connectivity index (χ1n) is 30.4. The highest BCUT2D eigenvalue weighted by Crippen LogP contribution is 2.35. The second kappa shape index (κ2) is 35.7. The summed E-state index contributed by atoms with van der Waals surface area (Å²) in [4.78, 5) is 56.6. The highest BCUT2D eigenvalue weighted by atomic mass is 32.2. The maximum Gasteiger partial charge on any atom is 0.534 e. The van der Waals surface area contributed by atoms with Crippen molar-refractivity contribution in [3.05, 3.63) is 154 Å². The Balaban J connectivity index is 0.000000258. The fourth-order valence-electron chi connectivity index (χ4n) is 8.82. The summed E-state index contributed by atoms with van der Waals surface area (Å²) in [7, 11) is -7.34. The number of carboxylic acids is 1. The van der Waals surface area contributed by atoms with E-state index in [0.29, 0.717) is 59.9 Å². The number of carbonyl (C=O) groups excluding carboxylic acids is 2. The molecule has 5 unspecified atom stereocenters. The van der Waals surface area contributed by atoms with Crippen LogP contribution in [0, 0.1) is 37.5 Å². The van der Waals surface area contributed by atoms with E-state index in [1.807, 2.05) is 33.8 Å². The molecule has 4 aliphatic rings. The third-order valence-corrected chi connectivity index (χ3v) is 15.4. The van der Waals surface area contributed by atoms with E-state index in [0.717, 1.165) is 104 Å². The van der Waals surface area contributed by atoms with Crippen LogP contribution in [0.5, 0.6) is 0 Å². The molecular weight excluding hydrogens is 1380 g/mol. The van der Waals surface area contributed by atoms with Crippen LogP contribution in [0.2, 0.25) is 0 Å². The SMILES string of the molecule is CC1CC=C(OS(=O)(=O)C(F)(F)F)NC1.CC1CC=C(c2ccc(C(F)(F)F)nc2)N(C(=O)OC(C)(C)C)C1.CC1CCC(c2ccc(C(F)(F)F)nc2)=NC1.CC1CCC(c2ccc(C(F)(F)F)nc2)NC1.Cc1cc(NC(=O)C(=O)O)cnc1C.OB(O)c1ccc(C(F)(F)F)nc1. The van der Waals surface area contributed by atoms with Gasteiger partial charge in [-0.15, -0.1) is 0 Å². The average molecular weight is 1460 g/mol. The highest BCUT2D eigenvalue weighted by Gasteiger charge is 2.49. The molecule has 1 fully saturated rings. The molecule has 5 aromatic heterocycles. The largest absolute Gasteiger partial charge is 0.534 e. The molecule has 1 saturated heterocycles. The van der Waals surface area contributed by atoms with E-state index in [2.05, 4.69) is 63.9 Å². The number of aliphatic imine (C=N–C) groups is 1. The van der Waals surface area contributed by atoms with Crippen molar-refractivity contribution in [2.45, 2.75) is 143 Å². The molecule has 37 heteroatoms. The molecule has 9 heterocycles. The van der Waals surface area contributed by atoms with Crippen molar-refractivity contribution in [1.82, 2.24) is 40.5 Å². The lowest BCUT2D eigenvalue weighted by atomic mass is 9.82. The zero-order valence-corrected chi connectivity index (χ0v) is 56.0. The summed E-state index contributed by atoms with van der Waals surface area (Å²) in [5.41, 5.74) is -4.29. The summed E-state index contributed by atoms with van der Waals surface area (Å²) in [6.07, 6.45) is -4.08. The Kier molecular flexibility index (Phi) is 30.0. The maximum absolute atomic E-state index is 12.6. The predicted molar refractivity (Wildman–Crippen MR) is 336 cm³/mol. The van der Waals surface area contributed by atoms with Gasteiger partial charge in [0.15, 0.2) is 0 Å². The number of hydrogen-bond donors (Lipinski definition) is 6. The monoisotopic (exact) mass is 1460 g/mol. The van der Waals surface area contributed by atoms with E-state index in [1.165, 1.54) is 47.8 Å². The van der Waals surface area contributed by atoms with E-state index >= 15 is 0 Å². The summed E-state index contributed by atoms with van der Waals surface area (Å²) in [6, 6.07) is 10.7. The lowest BCUT2D eigenvalue weighted by Gasteiger charge is -2.33. The molecule has 0 aromatic carbocycles. The van der Waals surface area contributed by atoms with Gasteiger partial charge in [0.25, 0.3) is 0 Å². The standard InChI is InChI=1S/C17H21F3N2O2.C12H15F3N2.C12H13F3N2.C9H10N2O3.C7H10F3NO3S.C6H5BF3NO2/c1-11-5-7-13(22(10-11)15(23)24-16(2,3)4)12-6-8-14(21-9-12)17(18,19)20;2*1-8-2-4-10(16-6-8)9-3-5-11(17-7-9)12(13,14)15;1-5-3-7(4-10-6(5)2)11-8(12)9(13)14;1-5-2-3-6(11-4-5)14-15(12,13)7(8,9)10;8-6(9,10)5-2-1-4(3-11-5)7(12)13/h6-9,11H,5,10H2,1-4H3;3,5,7-8,10,16H,2,4,6H2,1H3;3,5,7-8H,2,4,6H2,1H3;3-4H,1-2H3,(H,11,12)(H,13,14);3,5,11H,2,4H2,1H3;1-3,12-13H. The molecule has 0 radical (unpaired) electrons. The lowest BCUT2D eigenvalue weighted by Crippen LogP contribution is -2.39. The molecule has 0 saturated carbocycles. The number of amides is 2. The van der Waals surface area contributed by atoms with Gasteiger partial charge in [0.05, 0.1) is 17.6 Å². The number of anilines is 1. The average Bonchev–Trinajstić information content (AvgIpc) is 0.805. The van der Waals surface area contributed by atoms with Gasteiger partial charge in [-0.3, -0.25) is 39.6 Å². The normalized spacial score (nSPS) is 18.8. The van der Waals surface area contributed by atoms with Crippen LogP contribution in [0.3, 0.4) is 0 Å². The second-order valence-electron chi connectivity index (χ2n) is 24.4. The van der Waals surface area contributed by atoms with Gasteiger partial charge in [-0.2, -0.15) is 74.3 Å². The molecule has 5 atom stereocenters. The number of nitrogens with zero attached hydrogens (tertiary/aromatic N) is 7. The Labute approximate surface area is 566 Å². The van der Waals surface area contributed by atoms with Crippen LogP contribution in [0.15, 0.2) is 109 Å². The van der Waals surface area contributed by atoms with Crippen LogP contribution in [0.25, 0.3) is 5.70 Å². The Morgan fingerprint density at radius 1 is 0.630 bits per heavy atom. The van der Waals surface area contributed by atoms with E-state index in [9.17, 15) is 88.7 Å². The molecule has 4 aliphatic heterocycles. The Hall–Kier alpha value is -8.45. The number of hydrogen-bond acceptors (Lipinski definition) is 17. The summed E-state index contributed by atoms with van der Waals surface area (Å²) < 4.78 is 214. The third-order valence-electron chi connectivity index (χ3n) is 14.4. The number of piperidine rings is 1. The van der Waals surface area contributed by atoms with E-state index in [1.54, 1.807) is 26.8 Å². The van der Waals surface area contributed by atoms with Gasteiger partial charge < -0.3 is 40.0 Å². The summed E-state index contributed by atoms with van der Waals surface area (Å²) in [6.45, 7) is 19.6. The number of allylic oxidation sites excluding steroid dienone is 2. The third kappa shape index (κ3) is 27.9. The quantitative estimate of drug-likeness (QED) is 0.0290. The molecule has 20 nitrogen and oxygen atoms in total. The van der Waals surface area contributed by atoms with Gasteiger partial charge in [0.1, 0.15) is 28.4 Å². The Bertz CT molecular complexity index is 3700. The zero-order chi connectivity index (χ0) is 75.5. The fraction of sp³-hybridized carbons (Fsp3) is 0.476. The number of rotatable bonds is 7. The van der Waals surface area contributed by atoms with Gasteiger partial charge in [-0.1, -0.05) is 45.9 Å². The highest BCUT2D eigenvalue weighted by molar-refractivity contribution is 7.87. The number of aliphatic carboxylic acids is 1. The summed E-state index contributed by atoms with van der Waals surface area (Å²) in [5, 5.41) is 33.4. The summed E-state index contributed by atoms with van der Waals surface area (Å²) >= 11 is 0. The number of carboxylic acid groups (broad SMARTS) is 1. The van der Waals surface area contributed by atoms with Gasteiger partial charge in [-0.05, 0) is 163 Å². The minimum Gasteiger partial charge on any atom is -0.474 e. The number of aryl methyl sites for hydroxylation is 2. The van der Waals surface area contributed by atoms with E-state index < -0.39 is 93.8 Å². The van der Waals surface area contributed by atoms with Crippen LogP contribution in [-0.2, 0) is 53.3 Å². The lowest BCUT2D eigenvalue weighted by molar-refractivity contribution is -0.147. The van der Waals surface area contributed by atoms with Crippen molar-refractivity contribution in [1.29, 1.82) is 0 Å². The number of halogens is 15. The number of alkyl halides is 15. The topological polar surface area (TPSA) is 281 Å². The first kappa shape index (κ1) is 84.0. The van der Waals surface area contributed by atoms with Crippen LogP contribution in [0.4, 0.5) is 76.3 Å². The van der Waals surface area contributed by atoms with Crippen molar-refractivity contribution in [3.63, 3.8) is 0 Å². The molecular formula is C63H74BF15N10O10S. The van der Waals surface area contributed by atoms with Crippen molar-refractivity contribution in [3.8, 4) is 0 Å². The molecule has 0 aliphatic carbocycles. The first-order chi connectivity index (χ1) is 46.0. The second-order valence-corrected chi connectivity index (χ2v) is 26.0. The van der Waals surface area contributed by atoms with Crippen molar-refractivity contribution < 1.29 is 113 Å². The Morgan fingerprint density at radius 2 is 1.16 bits per heavy atom. The fourth-order valence-corrected chi connectivity index (χ4v) is 9.28. The molecule has 9 rings (SSSR count). The Morgan fingerprint density at radius 3 is 1.57 bits per heavy atom. The number of aromatic nitrogens is 5. The number of nitrogens with one attached hydrogen (secondary N) is 3. The smallest absolute Gasteiger partial charge is 0.474 e.